The van der Waals surface area contributed by atoms with Crippen molar-refractivity contribution in [2.24, 2.45) is 5.73 Å². The maximum absolute atomic E-state index is 13.5. The number of hydrogen-bond acceptors (Lipinski definition) is 4. The van der Waals surface area contributed by atoms with Gasteiger partial charge in [0.1, 0.15) is 5.82 Å². The average molecular weight is 355 g/mol. The first kappa shape index (κ1) is 21.1. The molecule has 1 heterocycles. The van der Waals surface area contributed by atoms with Crippen molar-refractivity contribution in [1.29, 1.82) is 0 Å². The minimum absolute atomic E-state index is 0.243. The largest absolute Gasteiger partial charge is 0.421 e. The van der Waals surface area contributed by atoms with Crippen molar-refractivity contribution in [1.82, 2.24) is 10.2 Å². The van der Waals surface area contributed by atoms with Crippen LogP contribution in [0.5, 0.6) is 0 Å². The zero-order valence-corrected chi connectivity index (χ0v) is 15.8. The van der Waals surface area contributed by atoms with Crippen LogP contribution in [0.25, 0.3) is 12.2 Å². The summed E-state index contributed by atoms with van der Waals surface area (Å²) in [7, 11) is 0. The van der Waals surface area contributed by atoms with Gasteiger partial charge < -0.3 is 10.2 Å². The van der Waals surface area contributed by atoms with Gasteiger partial charge in [0, 0.05) is 11.8 Å². The highest BCUT2D eigenvalue weighted by molar-refractivity contribution is 5.66. The molecule has 138 valence electrons. The van der Waals surface area contributed by atoms with Crippen LogP contribution < -0.4 is 5.73 Å². The molecule has 0 radical (unpaired) electrons. The second-order valence-electron chi connectivity index (χ2n) is 5.26. The van der Waals surface area contributed by atoms with E-state index < -0.39 is 0 Å². The van der Waals surface area contributed by atoms with E-state index in [4.69, 9.17) is 10.2 Å². The van der Waals surface area contributed by atoms with Gasteiger partial charge in [-0.3, -0.25) is 0 Å². The summed E-state index contributed by atoms with van der Waals surface area (Å²) in [5.41, 5.74) is 8.60. The molecule has 0 aliphatic heterocycles. The van der Waals surface area contributed by atoms with Crippen LogP contribution in [0.3, 0.4) is 0 Å². The number of halogens is 1. The maximum Gasteiger partial charge on any atom is 0.240 e. The van der Waals surface area contributed by atoms with Crippen molar-refractivity contribution in [3.05, 3.63) is 83.0 Å². The fourth-order valence-corrected chi connectivity index (χ4v) is 1.97. The molecular formula is C21H26FN3O. The van der Waals surface area contributed by atoms with Gasteiger partial charge in [-0.15, -0.1) is 10.2 Å². The van der Waals surface area contributed by atoms with Crippen molar-refractivity contribution in [3.8, 4) is 0 Å². The molecule has 5 heteroatoms. The second-order valence-corrected chi connectivity index (χ2v) is 5.26. The number of nitrogens with two attached hydrogens (primary N) is 1. The van der Waals surface area contributed by atoms with E-state index >= 15 is 0 Å². The summed E-state index contributed by atoms with van der Waals surface area (Å²) < 4.78 is 19.1. The SMILES string of the molecule is C=C/C(N)=C\C(=C/C)Cc1nnc(/C=C/c2ccc(C)c(F)c2)o1.CC. The zero-order valence-electron chi connectivity index (χ0n) is 15.8. The molecule has 26 heavy (non-hydrogen) atoms. The highest BCUT2D eigenvalue weighted by atomic mass is 19.1. The van der Waals surface area contributed by atoms with E-state index in [2.05, 4.69) is 16.8 Å². The van der Waals surface area contributed by atoms with Crippen molar-refractivity contribution >= 4 is 12.2 Å². The number of rotatable bonds is 6. The molecular weight excluding hydrogens is 329 g/mol. The van der Waals surface area contributed by atoms with Gasteiger partial charge in [0.05, 0.1) is 6.42 Å². The molecule has 0 spiro atoms. The van der Waals surface area contributed by atoms with Crippen LogP contribution >= 0.6 is 0 Å². The summed E-state index contributed by atoms with van der Waals surface area (Å²) >= 11 is 0. The van der Waals surface area contributed by atoms with Gasteiger partial charge in [-0.1, -0.05) is 38.6 Å². The van der Waals surface area contributed by atoms with E-state index in [-0.39, 0.29) is 5.82 Å². The van der Waals surface area contributed by atoms with E-state index in [0.29, 0.717) is 29.5 Å². The third-order valence-electron chi connectivity index (χ3n) is 3.41. The number of benzene rings is 1. The second kappa shape index (κ2) is 10.8. The smallest absolute Gasteiger partial charge is 0.240 e. The van der Waals surface area contributed by atoms with Crippen LogP contribution in [0.4, 0.5) is 4.39 Å². The quantitative estimate of drug-likeness (QED) is 0.721. The zero-order chi connectivity index (χ0) is 19.5. The van der Waals surface area contributed by atoms with Gasteiger partial charge >= 0.3 is 0 Å². The lowest BCUT2D eigenvalue weighted by molar-refractivity contribution is 0.496. The van der Waals surface area contributed by atoms with Gasteiger partial charge in [-0.2, -0.15) is 0 Å². The Labute approximate surface area is 154 Å². The molecule has 2 rings (SSSR count). The van der Waals surface area contributed by atoms with Gasteiger partial charge in [0.25, 0.3) is 0 Å². The van der Waals surface area contributed by atoms with Crippen molar-refractivity contribution in [2.45, 2.75) is 34.1 Å². The molecule has 0 aliphatic rings. The summed E-state index contributed by atoms with van der Waals surface area (Å²) in [5, 5.41) is 7.96. The van der Waals surface area contributed by atoms with Crippen molar-refractivity contribution in [3.63, 3.8) is 0 Å². The third kappa shape index (κ3) is 6.51. The molecule has 0 unspecified atom stereocenters. The number of allylic oxidation sites excluding steroid dienone is 4. The molecule has 1 aromatic carbocycles. The van der Waals surface area contributed by atoms with Gasteiger partial charge in [0.2, 0.25) is 11.8 Å². The predicted molar refractivity (Wildman–Crippen MR) is 106 cm³/mol. The predicted octanol–water partition coefficient (Wildman–Crippen LogP) is 5.23. The molecule has 4 nitrogen and oxygen atoms in total. The lowest BCUT2D eigenvalue weighted by Crippen LogP contribution is -1.95. The molecule has 2 aromatic rings. The Bertz CT molecular complexity index is 816. The van der Waals surface area contributed by atoms with Gasteiger partial charge in [-0.25, -0.2) is 4.39 Å². The first-order chi connectivity index (χ1) is 12.5. The fraction of sp³-hybridized carbons (Fsp3) is 0.238. The maximum atomic E-state index is 13.5. The Morgan fingerprint density at radius 3 is 2.62 bits per heavy atom. The van der Waals surface area contributed by atoms with Crippen LogP contribution in [0, 0.1) is 12.7 Å². The topological polar surface area (TPSA) is 64.9 Å². The van der Waals surface area contributed by atoms with E-state index in [0.717, 1.165) is 11.1 Å². The molecule has 0 fully saturated rings. The van der Waals surface area contributed by atoms with Crippen LogP contribution in [-0.4, -0.2) is 10.2 Å². The van der Waals surface area contributed by atoms with Crippen molar-refractivity contribution < 1.29 is 8.81 Å². The molecule has 0 atom stereocenters. The fourth-order valence-electron chi connectivity index (χ4n) is 1.97. The third-order valence-corrected chi connectivity index (χ3v) is 3.41. The lowest BCUT2D eigenvalue weighted by atomic mass is 10.1. The first-order valence-electron chi connectivity index (χ1n) is 8.53. The monoisotopic (exact) mass is 355 g/mol. The Morgan fingerprint density at radius 2 is 2.00 bits per heavy atom. The molecule has 2 N–H and O–H groups in total. The summed E-state index contributed by atoms with van der Waals surface area (Å²) in [6.07, 6.45) is 9.17. The highest BCUT2D eigenvalue weighted by Crippen LogP contribution is 2.14. The minimum Gasteiger partial charge on any atom is -0.421 e. The number of aromatic nitrogens is 2. The van der Waals surface area contributed by atoms with Crippen LogP contribution in [-0.2, 0) is 6.42 Å². The van der Waals surface area contributed by atoms with Crippen LogP contribution in [0.1, 0.15) is 43.7 Å². The van der Waals surface area contributed by atoms with E-state index in [9.17, 15) is 4.39 Å². The normalized spacial score (nSPS) is 12.0. The molecule has 0 aliphatic carbocycles. The minimum atomic E-state index is -0.243. The Balaban J connectivity index is 0.00000163. The molecule has 0 saturated heterocycles. The molecule has 0 saturated carbocycles. The van der Waals surface area contributed by atoms with Crippen LogP contribution in [0.2, 0.25) is 0 Å². The summed E-state index contributed by atoms with van der Waals surface area (Å²) in [5.74, 6) is 0.598. The summed E-state index contributed by atoms with van der Waals surface area (Å²) in [4.78, 5) is 0. The van der Waals surface area contributed by atoms with E-state index in [1.54, 1.807) is 31.2 Å². The molecule has 1 aromatic heterocycles. The highest BCUT2D eigenvalue weighted by Gasteiger charge is 2.06. The number of hydrogen-bond donors (Lipinski definition) is 1. The summed E-state index contributed by atoms with van der Waals surface area (Å²) in [6, 6.07) is 5.01. The van der Waals surface area contributed by atoms with E-state index in [1.165, 1.54) is 6.07 Å². The standard InChI is InChI=1S/C19H20FN3O.C2H6/c1-4-14(10-16(21)5-2)12-19-23-22-18(24-19)9-8-15-7-6-13(3)17(20)11-15;1-2/h4-11H,2,12,21H2,1,3H3;1-2H3/b9-8+,14-4+,16-10+;. The van der Waals surface area contributed by atoms with E-state index in [1.807, 2.05) is 39.0 Å². The van der Waals surface area contributed by atoms with Gasteiger partial charge in [-0.05, 0) is 54.8 Å². The number of nitrogens with zero attached hydrogens (tertiary/aromatic N) is 2. The molecule has 0 amide bonds. The lowest BCUT2D eigenvalue weighted by Gasteiger charge is -1.98. The molecule has 0 bridgehead atoms. The Morgan fingerprint density at radius 1 is 1.27 bits per heavy atom. The first-order valence-corrected chi connectivity index (χ1v) is 8.53. The van der Waals surface area contributed by atoms with Crippen LogP contribution in [0.15, 0.2) is 58.7 Å². The Hall–Kier alpha value is -2.95. The number of aryl methyl sites for hydroxylation is 1. The summed E-state index contributed by atoms with van der Waals surface area (Å²) in [6.45, 7) is 11.2. The van der Waals surface area contributed by atoms with Gasteiger partial charge in [0.15, 0.2) is 0 Å². The Kier molecular flexibility index (Phi) is 8.78. The average Bonchev–Trinajstić information content (AvgIpc) is 3.11. The van der Waals surface area contributed by atoms with Crippen molar-refractivity contribution in [2.75, 3.05) is 0 Å².